The van der Waals surface area contributed by atoms with Crippen LogP contribution in [0.3, 0.4) is 0 Å². The minimum atomic E-state index is -4.99. The van der Waals surface area contributed by atoms with Crippen molar-refractivity contribution in [1.29, 1.82) is 0 Å². The van der Waals surface area contributed by atoms with Gasteiger partial charge >= 0.3 is 12.2 Å². The van der Waals surface area contributed by atoms with Gasteiger partial charge in [0.2, 0.25) is 0 Å². The molecular weight excluding hydrogens is 454 g/mol. The van der Waals surface area contributed by atoms with Gasteiger partial charge in [0, 0.05) is 38.2 Å². The number of carbonyl (C=O) groups excluding carboxylic acids is 2. The second kappa shape index (κ2) is 8.90. The van der Waals surface area contributed by atoms with Gasteiger partial charge in [-0.05, 0) is 30.5 Å². The van der Waals surface area contributed by atoms with Crippen LogP contribution in [-0.4, -0.2) is 55.3 Å². The van der Waals surface area contributed by atoms with E-state index in [2.05, 4.69) is 10.6 Å². The number of halogens is 4. The molecule has 4 rings (SSSR count). The van der Waals surface area contributed by atoms with Gasteiger partial charge < -0.3 is 20.3 Å². The number of nitrogens with one attached hydrogen (secondary N) is 2. The van der Waals surface area contributed by atoms with Gasteiger partial charge in [-0.15, -0.1) is 0 Å². The fourth-order valence-corrected chi connectivity index (χ4v) is 5.09. The highest BCUT2D eigenvalue weighted by atomic mass is 19.4. The Morgan fingerprint density at radius 2 is 1.68 bits per heavy atom. The molecule has 0 saturated carbocycles. The lowest BCUT2D eigenvalue weighted by Crippen LogP contribution is -2.67. The first-order chi connectivity index (χ1) is 16.1. The van der Waals surface area contributed by atoms with E-state index < -0.39 is 29.0 Å². The number of likely N-dealkylation sites (tertiary alicyclic amines) is 1. The predicted octanol–water partition coefficient (Wildman–Crippen LogP) is 3.69. The van der Waals surface area contributed by atoms with E-state index in [1.807, 2.05) is 0 Å². The number of piperidine rings is 1. The first-order valence-corrected chi connectivity index (χ1v) is 10.9. The Bertz CT molecular complexity index is 1040. The molecular formula is C24H25F4N3O3. The summed E-state index contributed by atoms with van der Waals surface area (Å²) in [6, 6.07) is 12.4. The van der Waals surface area contributed by atoms with Crippen molar-refractivity contribution in [3.8, 4) is 0 Å². The number of amides is 3. The second-order valence-corrected chi connectivity index (χ2v) is 8.64. The molecule has 2 aromatic carbocycles. The highest BCUT2D eigenvalue weighted by molar-refractivity contribution is 5.88. The standard InChI is InChI=1S/C24H25F4N3O3/c1-34-23(24(26,27)28,17-5-3-2-4-6-17)20(32)31-13-11-22(12-14-31)19(15-29-21(33)30-22)16-7-9-18(25)10-8-16/h2-10,19H,11-15H2,1H3,(H2,29,30,33)/t19-,23+/m0/s1. The number of hydrogen-bond acceptors (Lipinski definition) is 3. The highest BCUT2D eigenvalue weighted by Gasteiger charge is 2.64. The van der Waals surface area contributed by atoms with Gasteiger partial charge in [-0.3, -0.25) is 4.79 Å². The van der Waals surface area contributed by atoms with E-state index in [4.69, 9.17) is 4.74 Å². The zero-order chi connectivity index (χ0) is 24.6. The molecule has 2 atom stereocenters. The van der Waals surface area contributed by atoms with E-state index in [1.54, 1.807) is 18.2 Å². The van der Waals surface area contributed by atoms with Crippen LogP contribution in [0.2, 0.25) is 0 Å². The van der Waals surface area contributed by atoms with Crippen molar-refractivity contribution in [1.82, 2.24) is 15.5 Å². The Hall–Kier alpha value is -3.14. The number of methoxy groups -OCH3 is 1. The minimum absolute atomic E-state index is 0.00910. The number of urea groups is 1. The maximum atomic E-state index is 14.3. The summed E-state index contributed by atoms with van der Waals surface area (Å²) >= 11 is 0. The fourth-order valence-electron chi connectivity index (χ4n) is 5.09. The lowest BCUT2D eigenvalue weighted by molar-refractivity contribution is -0.270. The lowest BCUT2D eigenvalue weighted by Gasteiger charge is -2.50. The van der Waals surface area contributed by atoms with Gasteiger partial charge in [-0.25, -0.2) is 9.18 Å². The fraction of sp³-hybridized carbons (Fsp3) is 0.417. The molecule has 34 heavy (non-hydrogen) atoms. The lowest BCUT2D eigenvalue weighted by atomic mass is 9.71. The van der Waals surface area contributed by atoms with E-state index in [9.17, 15) is 27.2 Å². The molecule has 1 spiro atoms. The van der Waals surface area contributed by atoms with Crippen LogP contribution in [0, 0.1) is 5.82 Å². The Balaban J connectivity index is 1.61. The van der Waals surface area contributed by atoms with Crippen molar-refractivity contribution in [2.24, 2.45) is 0 Å². The molecule has 2 heterocycles. The molecule has 0 bridgehead atoms. The van der Waals surface area contributed by atoms with Crippen LogP contribution in [0.25, 0.3) is 0 Å². The molecule has 2 aromatic rings. The molecule has 182 valence electrons. The minimum Gasteiger partial charge on any atom is -0.356 e. The van der Waals surface area contributed by atoms with Crippen LogP contribution in [0.15, 0.2) is 54.6 Å². The van der Waals surface area contributed by atoms with Crippen molar-refractivity contribution in [3.05, 3.63) is 71.5 Å². The Morgan fingerprint density at radius 3 is 2.24 bits per heavy atom. The van der Waals surface area contributed by atoms with E-state index >= 15 is 0 Å². The van der Waals surface area contributed by atoms with Crippen LogP contribution in [-0.2, 0) is 15.1 Å². The molecule has 2 saturated heterocycles. The zero-order valence-corrected chi connectivity index (χ0v) is 18.5. The van der Waals surface area contributed by atoms with Gasteiger partial charge in [-0.2, -0.15) is 13.2 Å². The molecule has 6 nitrogen and oxygen atoms in total. The molecule has 3 amide bonds. The van der Waals surface area contributed by atoms with Crippen molar-refractivity contribution >= 4 is 11.9 Å². The Kier molecular flexibility index (Phi) is 6.28. The first kappa shape index (κ1) is 24.0. The Morgan fingerprint density at radius 1 is 1.06 bits per heavy atom. The molecule has 0 aromatic heterocycles. The van der Waals surface area contributed by atoms with Crippen molar-refractivity contribution in [2.45, 2.75) is 36.1 Å². The number of hydrogen-bond donors (Lipinski definition) is 2. The summed E-state index contributed by atoms with van der Waals surface area (Å²) in [5.74, 6) is -1.83. The van der Waals surface area contributed by atoms with Gasteiger partial charge in [-0.1, -0.05) is 42.5 Å². The average Bonchev–Trinajstić information content (AvgIpc) is 2.81. The normalized spacial score (nSPS) is 22.0. The van der Waals surface area contributed by atoms with Gasteiger partial charge in [0.15, 0.2) is 0 Å². The summed E-state index contributed by atoms with van der Waals surface area (Å²) in [6.45, 7) is 0.273. The third-order valence-electron chi connectivity index (χ3n) is 6.90. The molecule has 2 fully saturated rings. The zero-order valence-electron chi connectivity index (χ0n) is 18.5. The summed E-state index contributed by atoms with van der Waals surface area (Å²) in [5.41, 5.74) is -3.42. The van der Waals surface area contributed by atoms with E-state index in [-0.39, 0.29) is 43.4 Å². The van der Waals surface area contributed by atoms with Crippen LogP contribution < -0.4 is 10.6 Å². The van der Waals surface area contributed by atoms with E-state index in [0.717, 1.165) is 17.6 Å². The summed E-state index contributed by atoms with van der Waals surface area (Å²) in [5, 5.41) is 5.67. The van der Waals surface area contributed by atoms with Crippen molar-refractivity contribution in [2.75, 3.05) is 26.7 Å². The summed E-state index contributed by atoms with van der Waals surface area (Å²) < 4.78 is 61.3. The monoisotopic (exact) mass is 479 g/mol. The molecule has 10 heteroatoms. The maximum absolute atomic E-state index is 14.3. The third kappa shape index (κ3) is 4.00. The quantitative estimate of drug-likeness (QED) is 0.658. The van der Waals surface area contributed by atoms with Crippen molar-refractivity contribution in [3.63, 3.8) is 0 Å². The van der Waals surface area contributed by atoms with Crippen molar-refractivity contribution < 1.29 is 31.9 Å². The van der Waals surface area contributed by atoms with Crippen LogP contribution in [0.4, 0.5) is 22.4 Å². The number of alkyl halides is 3. The topological polar surface area (TPSA) is 70.7 Å². The molecule has 0 unspecified atom stereocenters. The number of ether oxygens (including phenoxy) is 1. The number of carbonyl (C=O) groups is 2. The highest BCUT2D eigenvalue weighted by Crippen LogP contribution is 2.45. The summed E-state index contributed by atoms with van der Waals surface area (Å²) in [7, 11) is 0.876. The predicted molar refractivity (Wildman–Crippen MR) is 115 cm³/mol. The van der Waals surface area contributed by atoms with Gasteiger partial charge in [0.25, 0.3) is 11.5 Å². The molecule has 0 radical (unpaired) electrons. The summed E-state index contributed by atoms with van der Waals surface area (Å²) in [4.78, 5) is 26.7. The number of nitrogens with zero attached hydrogens (tertiary/aromatic N) is 1. The Labute approximate surface area is 194 Å². The molecule has 2 N–H and O–H groups in total. The van der Waals surface area contributed by atoms with Crippen LogP contribution >= 0.6 is 0 Å². The van der Waals surface area contributed by atoms with E-state index in [1.165, 1.54) is 36.4 Å². The molecule has 0 aliphatic carbocycles. The smallest absolute Gasteiger partial charge is 0.356 e. The number of rotatable bonds is 4. The van der Waals surface area contributed by atoms with Crippen LogP contribution in [0.1, 0.15) is 29.9 Å². The largest absolute Gasteiger partial charge is 0.430 e. The molecule has 2 aliphatic rings. The van der Waals surface area contributed by atoms with Gasteiger partial charge in [0.05, 0.1) is 5.54 Å². The SMILES string of the molecule is CO[C@@](C(=O)N1CCC2(CC1)NC(=O)NC[C@H]2c1ccc(F)cc1)(c1ccccc1)C(F)(F)F. The van der Waals surface area contributed by atoms with Crippen LogP contribution in [0.5, 0.6) is 0 Å². The second-order valence-electron chi connectivity index (χ2n) is 8.64. The summed E-state index contributed by atoms with van der Waals surface area (Å²) in [6.07, 6.45) is -4.52. The van der Waals surface area contributed by atoms with E-state index in [0.29, 0.717) is 6.54 Å². The third-order valence-corrected chi connectivity index (χ3v) is 6.90. The van der Waals surface area contributed by atoms with Gasteiger partial charge in [0.1, 0.15) is 5.82 Å². The number of benzene rings is 2. The molecule has 2 aliphatic heterocycles. The maximum Gasteiger partial charge on any atom is 0.430 e. The first-order valence-electron chi connectivity index (χ1n) is 10.9. The average molecular weight is 479 g/mol.